The standard InChI is InChI=1S/C8H11NO2/c1-6-3-4-9-8(6,2)5-7(10)11/h3-4H,5H2,1-2H3,(H,10,11). The first kappa shape index (κ1) is 7.98. The molecular weight excluding hydrogens is 142 g/mol. The van der Waals surface area contributed by atoms with Gasteiger partial charge in [0.15, 0.2) is 0 Å². The molecule has 3 nitrogen and oxygen atoms in total. The first-order valence-electron chi connectivity index (χ1n) is 3.49. The highest BCUT2D eigenvalue weighted by atomic mass is 16.4. The van der Waals surface area contributed by atoms with Crippen LogP contribution in [0.25, 0.3) is 0 Å². The molecule has 0 aromatic rings. The SMILES string of the molecule is CC1=CC=NC1(C)CC(=O)O. The van der Waals surface area contributed by atoms with Crippen LogP contribution in [0.5, 0.6) is 0 Å². The summed E-state index contributed by atoms with van der Waals surface area (Å²) in [5.74, 6) is -0.806. The second-order valence-electron chi connectivity index (χ2n) is 2.97. The lowest BCUT2D eigenvalue weighted by molar-refractivity contribution is -0.137. The van der Waals surface area contributed by atoms with Crippen LogP contribution in [0, 0.1) is 0 Å². The summed E-state index contributed by atoms with van der Waals surface area (Å²) in [7, 11) is 0. The van der Waals surface area contributed by atoms with Gasteiger partial charge in [-0.05, 0) is 25.5 Å². The lowest BCUT2D eigenvalue weighted by Gasteiger charge is -2.19. The van der Waals surface area contributed by atoms with Gasteiger partial charge >= 0.3 is 5.97 Å². The van der Waals surface area contributed by atoms with E-state index in [0.29, 0.717) is 0 Å². The van der Waals surface area contributed by atoms with Crippen LogP contribution in [0.15, 0.2) is 16.6 Å². The van der Waals surface area contributed by atoms with E-state index in [1.165, 1.54) is 0 Å². The van der Waals surface area contributed by atoms with E-state index in [1.807, 2.05) is 19.9 Å². The molecule has 0 aromatic carbocycles. The molecule has 1 aliphatic rings. The van der Waals surface area contributed by atoms with Crippen LogP contribution in [-0.2, 0) is 4.79 Å². The van der Waals surface area contributed by atoms with E-state index in [-0.39, 0.29) is 6.42 Å². The van der Waals surface area contributed by atoms with Crippen molar-refractivity contribution in [3.8, 4) is 0 Å². The van der Waals surface area contributed by atoms with E-state index in [1.54, 1.807) is 6.21 Å². The molecule has 0 aromatic heterocycles. The summed E-state index contributed by atoms with van der Waals surface area (Å²) >= 11 is 0. The molecule has 3 heteroatoms. The second-order valence-corrected chi connectivity index (χ2v) is 2.97. The van der Waals surface area contributed by atoms with E-state index in [9.17, 15) is 4.79 Å². The Morgan fingerprint density at radius 3 is 2.82 bits per heavy atom. The van der Waals surface area contributed by atoms with Gasteiger partial charge in [-0.25, -0.2) is 0 Å². The number of hydrogen-bond acceptors (Lipinski definition) is 2. The number of hydrogen-bond donors (Lipinski definition) is 1. The predicted octanol–water partition coefficient (Wildman–Crippen LogP) is 1.25. The van der Waals surface area contributed by atoms with Crippen molar-refractivity contribution in [1.29, 1.82) is 0 Å². The molecule has 1 rings (SSSR count). The summed E-state index contributed by atoms with van der Waals surface area (Å²) in [5.41, 5.74) is 0.520. The Morgan fingerprint density at radius 2 is 2.45 bits per heavy atom. The molecule has 1 aliphatic heterocycles. The van der Waals surface area contributed by atoms with Gasteiger partial charge in [0.1, 0.15) is 0 Å². The summed E-state index contributed by atoms with van der Waals surface area (Å²) in [6, 6.07) is 0. The molecule has 1 atom stereocenters. The first-order chi connectivity index (χ1) is 5.04. The second kappa shape index (κ2) is 2.49. The number of nitrogens with zero attached hydrogens (tertiary/aromatic N) is 1. The van der Waals surface area contributed by atoms with Crippen LogP contribution in [-0.4, -0.2) is 22.8 Å². The largest absolute Gasteiger partial charge is 0.481 e. The zero-order valence-electron chi connectivity index (χ0n) is 6.66. The van der Waals surface area contributed by atoms with E-state index < -0.39 is 11.5 Å². The molecular formula is C8H11NO2. The van der Waals surface area contributed by atoms with Crippen molar-refractivity contribution < 1.29 is 9.90 Å². The zero-order chi connectivity index (χ0) is 8.48. The van der Waals surface area contributed by atoms with Crippen molar-refractivity contribution in [2.75, 3.05) is 0 Å². The molecule has 0 amide bonds. The van der Waals surface area contributed by atoms with E-state index in [2.05, 4.69) is 4.99 Å². The molecule has 0 bridgehead atoms. The first-order valence-corrected chi connectivity index (χ1v) is 3.49. The van der Waals surface area contributed by atoms with Crippen LogP contribution >= 0.6 is 0 Å². The number of carboxylic acids is 1. The number of aliphatic carboxylic acids is 1. The molecule has 0 saturated heterocycles. The number of carbonyl (C=O) groups is 1. The molecule has 1 heterocycles. The highest BCUT2D eigenvalue weighted by molar-refractivity contribution is 5.79. The topological polar surface area (TPSA) is 49.7 Å². The van der Waals surface area contributed by atoms with Crippen molar-refractivity contribution in [2.45, 2.75) is 25.8 Å². The minimum absolute atomic E-state index is 0.0752. The van der Waals surface area contributed by atoms with Crippen LogP contribution in [0.4, 0.5) is 0 Å². The molecule has 1 unspecified atom stereocenters. The normalized spacial score (nSPS) is 28.7. The smallest absolute Gasteiger partial charge is 0.306 e. The third kappa shape index (κ3) is 1.48. The third-order valence-corrected chi connectivity index (χ3v) is 2.03. The molecule has 0 aliphatic carbocycles. The lowest BCUT2D eigenvalue weighted by atomic mass is 9.92. The minimum Gasteiger partial charge on any atom is -0.481 e. The average Bonchev–Trinajstić information content (AvgIpc) is 2.11. The fourth-order valence-corrected chi connectivity index (χ4v) is 1.07. The van der Waals surface area contributed by atoms with Gasteiger partial charge in [-0.1, -0.05) is 0 Å². The third-order valence-electron chi connectivity index (χ3n) is 2.03. The van der Waals surface area contributed by atoms with Gasteiger partial charge < -0.3 is 5.11 Å². The van der Waals surface area contributed by atoms with Gasteiger partial charge in [0, 0.05) is 6.21 Å². The summed E-state index contributed by atoms with van der Waals surface area (Å²) in [4.78, 5) is 14.5. The highest BCUT2D eigenvalue weighted by Crippen LogP contribution is 2.27. The van der Waals surface area contributed by atoms with Crippen molar-refractivity contribution >= 4 is 12.2 Å². The monoisotopic (exact) mass is 153 g/mol. The molecule has 0 radical (unpaired) electrons. The minimum atomic E-state index is -0.806. The Morgan fingerprint density at radius 1 is 1.82 bits per heavy atom. The maximum absolute atomic E-state index is 10.4. The fraction of sp³-hybridized carbons (Fsp3) is 0.500. The Balaban J connectivity index is 2.76. The fourth-order valence-electron chi connectivity index (χ4n) is 1.07. The summed E-state index contributed by atoms with van der Waals surface area (Å²) < 4.78 is 0. The highest BCUT2D eigenvalue weighted by Gasteiger charge is 2.29. The Bertz CT molecular complexity index is 242. The Hall–Kier alpha value is -1.12. The molecule has 11 heavy (non-hydrogen) atoms. The Labute approximate surface area is 65.4 Å². The van der Waals surface area contributed by atoms with Crippen LogP contribution in [0.2, 0.25) is 0 Å². The van der Waals surface area contributed by atoms with E-state index in [0.717, 1.165) is 5.57 Å². The van der Waals surface area contributed by atoms with Gasteiger partial charge in [-0.15, -0.1) is 0 Å². The number of aliphatic imine (C=N–C) groups is 1. The van der Waals surface area contributed by atoms with Crippen LogP contribution < -0.4 is 0 Å². The molecule has 0 spiro atoms. The zero-order valence-corrected chi connectivity index (χ0v) is 6.66. The van der Waals surface area contributed by atoms with Crippen LogP contribution in [0.3, 0.4) is 0 Å². The van der Waals surface area contributed by atoms with Gasteiger partial charge in [0.2, 0.25) is 0 Å². The maximum atomic E-state index is 10.4. The quantitative estimate of drug-likeness (QED) is 0.649. The van der Waals surface area contributed by atoms with E-state index >= 15 is 0 Å². The molecule has 0 saturated carbocycles. The van der Waals surface area contributed by atoms with Crippen LogP contribution in [0.1, 0.15) is 20.3 Å². The molecule has 1 N–H and O–H groups in total. The van der Waals surface area contributed by atoms with Crippen molar-refractivity contribution in [1.82, 2.24) is 0 Å². The van der Waals surface area contributed by atoms with Crippen molar-refractivity contribution in [3.63, 3.8) is 0 Å². The lowest BCUT2D eigenvalue weighted by Crippen LogP contribution is -2.25. The van der Waals surface area contributed by atoms with Crippen molar-refractivity contribution in [3.05, 3.63) is 11.6 Å². The van der Waals surface area contributed by atoms with Crippen molar-refractivity contribution in [2.24, 2.45) is 4.99 Å². The average molecular weight is 153 g/mol. The van der Waals surface area contributed by atoms with Gasteiger partial charge in [0.05, 0.1) is 12.0 Å². The maximum Gasteiger partial charge on any atom is 0.306 e. The van der Waals surface area contributed by atoms with Gasteiger partial charge in [-0.2, -0.15) is 0 Å². The summed E-state index contributed by atoms with van der Waals surface area (Å²) in [6.45, 7) is 3.73. The number of rotatable bonds is 2. The Kier molecular flexibility index (Phi) is 1.81. The number of allylic oxidation sites excluding steroid dienone is 1. The predicted molar refractivity (Wildman–Crippen MR) is 42.9 cm³/mol. The van der Waals surface area contributed by atoms with Gasteiger partial charge in [-0.3, -0.25) is 9.79 Å². The number of carboxylic acid groups (broad SMARTS) is 1. The molecule has 60 valence electrons. The summed E-state index contributed by atoms with van der Waals surface area (Å²) in [6.07, 6.45) is 3.59. The molecule has 0 fully saturated rings. The van der Waals surface area contributed by atoms with E-state index in [4.69, 9.17) is 5.11 Å². The van der Waals surface area contributed by atoms with Gasteiger partial charge in [0.25, 0.3) is 0 Å². The summed E-state index contributed by atoms with van der Waals surface area (Å²) in [5, 5.41) is 8.56.